The topological polar surface area (TPSA) is 69.0 Å². The number of aldehydes is 1. The SMILES string of the molecule is CC(C)CCS(=O)(=O)c1c(C=O)cnn1C1CCC1. The predicted octanol–water partition coefficient (Wildman–Crippen LogP) is 2.24. The van der Waals surface area contributed by atoms with E-state index in [0.29, 0.717) is 18.6 Å². The van der Waals surface area contributed by atoms with Crippen LogP contribution in [0.2, 0.25) is 0 Å². The van der Waals surface area contributed by atoms with Crippen LogP contribution in [0.3, 0.4) is 0 Å². The van der Waals surface area contributed by atoms with E-state index in [9.17, 15) is 13.2 Å². The third-order valence-electron chi connectivity index (χ3n) is 3.58. The zero-order valence-corrected chi connectivity index (χ0v) is 12.2. The summed E-state index contributed by atoms with van der Waals surface area (Å²) in [5.41, 5.74) is 0.190. The van der Waals surface area contributed by atoms with Crippen LogP contribution >= 0.6 is 0 Å². The van der Waals surface area contributed by atoms with Gasteiger partial charge in [0.25, 0.3) is 0 Å². The van der Waals surface area contributed by atoms with Gasteiger partial charge < -0.3 is 0 Å². The van der Waals surface area contributed by atoms with E-state index in [1.807, 2.05) is 13.8 Å². The van der Waals surface area contributed by atoms with Crippen LogP contribution in [-0.4, -0.2) is 30.2 Å². The molecule has 1 aliphatic carbocycles. The van der Waals surface area contributed by atoms with E-state index in [1.165, 1.54) is 6.20 Å². The van der Waals surface area contributed by atoms with Crippen molar-refractivity contribution in [1.29, 1.82) is 0 Å². The number of hydrogen-bond donors (Lipinski definition) is 0. The summed E-state index contributed by atoms with van der Waals surface area (Å²) >= 11 is 0. The van der Waals surface area contributed by atoms with Gasteiger partial charge in [-0.25, -0.2) is 8.42 Å². The molecule has 0 aromatic carbocycles. The molecule has 1 aromatic heterocycles. The third-order valence-corrected chi connectivity index (χ3v) is 5.37. The van der Waals surface area contributed by atoms with Crippen LogP contribution in [0.15, 0.2) is 11.2 Å². The first-order valence-electron chi connectivity index (χ1n) is 6.71. The summed E-state index contributed by atoms with van der Waals surface area (Å²) < 4.78 is 26.4. The lowest BCUT2D eigenvalue weighted by Crippen LogP contribution is -2.24. The predicted molar refractivity (Wildman–Crippen MR) is 72.0 cm³/mol. The molecule has 2 rings (SSSR count). The van der Waals surface area contributed by atoms with Gasteiger partial charge in [0.1, 0.15) is 0 Å². The van der Waals surface area contributed by atoms with Gasteiger partial charge in [-0.1, -0.05) is 13.8 Å². The molecule has 0 saturated heterocycles. The van der Waals surface area contributed by atoms with Gasteiger partial charge in [0.05, 0.1) is 23.6 Å². The Morgan fingerprint density at radius 3 is 2.63 bits per heavy atom. The molecule has 0 amide bonds. The fourth-order valence-electron chi connectivity index (χ4n) is 2.15. The maximum absolute atomic E-state index is 12.4. The molecular formula is C13H20N2O3S. The second kappa shape index (κ2) is 5.45. The first kappa shape index (κ1) is 14.2. The summed E-state index contributed by atoms with van der Waals surface area (Å²) in [4.78, 5) is 11.0. The van der Waals surface area contributed by atoms with Crippen LogP contribution in [-0.2, 0) is 9.84 Å². The smallest absolute Gasteiger partial charge is 0.196 e. The first-order valence-corrected chi connectivity index (χ1v) is 8.36. The Hall–Kier alpha value is -1.17. The van der Waals surface area contributed by atoms with Gasteiger partial charge in [0.15, 0.2) is 21.1 Å². The molecule has 106 valence electrons. The number of carbonyl (C=O) groups excluding carboxylic acids is 1. The maximum atomic E-state index is 12.4. The Morgan fingerprint density at radius 2 is 2.16 bits per heavy atom. The Balaban J connectivity index is 2.35. The van der Waals surface area contributed by atoms with Crippen LogP contribution in [0.4, 0.5) is 0 Å². The average Bonchev–Trinajstić information content (AvgIpc) is 2.68. The zero-order valence-electron chi connectivity index (χ0n) is 11.4. The van der Waals surface area contributed by atoms with Crippen LogP contribution < -0.4 is 0 Å². The minimum Gasteiger partial charge on any atom is -0.298 e. The molecule has 0 atom stereocenters. The number of sulfone groups is 1. The van der Waals surface area contributed by atoms with Crippen molar-refractivity contribution in [3.8, 4) is 0 Å². The van der Waals surface area contributed by atoms with E-state index in [1.54, 1.807) is 4.68 Å². The quantitative estimate of drug-likeness (QED) is 0.751. The molecule has 5 nitrogen and oxygen atoms in total. The molecule has 19 heavy (non-hydrogen) atoms. The van der Waals surface area contributed by atoms with Gasteiger partial charge in [-0.3, -0.25) is 9.48 Å². The largest absolute Gasteiger partial charge is 0.298 e. The van der Waals surface area contributed by atoms with Gasteiger partial charge in [-0.2, -0.15) is 5.10 Å². The average molecular weight is 284 g/mol. The summed E-state index contributed by atoms with van der Waals surface area (Å²) in [6.07, 6.45) is 5.51. The second-order valence-electron chi connectivity index (χ2n) is 5.55. The molecule has 0 unspecified atom stereocenters. The highest BCUT2D eigenvalue weighted by Gasteiger charge is 2.30. The highest BCUT2D eigenvalue weighted by Crippen LogP contribution is 2.34. The Labute approximate surface area is 113 Å². The van der Waals surface area contributed by atoms with Gasteiger partial charge in [0.2, 0.25) is 0 Å². The van der Waals surface area contributed by atoms with E-state index in [0.717, 1.165) is 19.3 Å². The van der Waals surface area contributed by atoms with Gasteiger partial charge in [0, 0.05) is 0 Å². The highest BCUT2D eigenvalue weighted by molar-refractivity contribution is 7.91. The zero-order chi connectivity index (χ0) is 14.0. The van der Waals surface area contributed by atoms with Crippen LogP contribution in [0.1, 0.15) is 55.9 Å². The summed E-state index contributed by atoms with van der Waals surface area (Å²) in [5, 5.41) is 4.23. The fourth-order valence-corrected chi connectivity index (χ4v) is 4.06. The van der Waals surface area contributed by atoms with E-state index < -0.39 is 9.84 Å². The van der Waals surface area contributed by atoms with Crippen molar-refractivity contribution in [3.63, 3.8) is 0 Å². The molecule has 0 radical (unpaired) electrons. The molecule has 0 N–H and O–H groups in total. The molecule has 0 bridgehead atoms. The molecule has 1 aromatic rings. The van der Waals surface area contributed by atoms with Crippen molar-refractivity contribution in [3.05, 3.63) is 11.8 Å². The lowest BCUT2D eigenvalue weighted by atomic mass is 9.93. The van der Waals surface area contributed by atoms with Crippen molar-refractivity contribution in [2.75, 3.05) is 5.75 Å². The minimum absolute atomic E-state index is 0.0733. The molecule has 6 heteroatoms. The van der Waals surface area contributed by atoms with Gasteiger partial charge >= 0.3 is 0 Å². The molecule has 1 heterocycles. The van der Waals surface area contributed by atoms with Crippen LogP contribution in [0, 0.1) is 5.92 Å². The summed E-state index contributed by atoms with van der Waals surface area (Å²) in [7, 11) is -3.44. The molecular weight excluding hydrogens is 264 g/mol. The lowest BCUT2D eigenvalue weighted by Gasteiger charge is -2.27. The maximum Gasteiger partial charge on any atom is 0.196 e. The van der Waals surface area contributed by atoms with Gasteiger partial charge in [-0.05, 0) is 31.6 Å². The lowest BCUT2D eigenvalue weighted by molar-refractivity contribution is 0.111. The highest BCUT2D eigenvalue weighted by atomic mass is 32.2. The first-order chi connectivity index (χ1) is 8.95. The van der Waals surface area contributed by atoms with Crippen LogP contribution in [0.25, 0.3) is 0 Å². The standard InChI is InChI=1S/C13H20N2O3S/c1-10(2)6-7-19(17,18)13-11(9-16)8-14-15(13)12-4-3-5-12/h8-10,12H,3-7H2,1-2H3. The van der Waals surface area contributed by atoms with Gasteiger partial charge in [-0.15, -0.1) is 0 Å². The van der Waals surface area contributed by atoms with Crippen molar-refractivity contribution in [2.24, 2.45) is 5.92 Å². The van der Waals surface area contributed by atoms with Crippen molar-refractivity contribution < 1.29 is 13.2 Å². The Morgan fingerprint density at radius 1 is 1.47 bits per heavy atom. The minimum atomic E-state index is -3.44. The van der Waals surface area contributed by atoms with E-state index >= 15 is 0 Å². The summed E-state index contributed by atoms with van der Waals surface area (Å²) in [5.74, 6) is 0.388. The molecule has 1 aliphatic rings. The molecule has 1 fully saturated rings. The molecule has 1 saturated carbocycles. The van der Waals surface area contributed by atoms with Crippen molar-refractivity contribution >= 4 is 16.1 Å². The number of aromatic nitrogens is 2. The van der Waals surface area contributed by atoms with Crippen molar-refractivity contribution in [1.82, 2.24) is 9.78 Å². The summed E-state index contributed by atoms with van der Waals surface area (Å²) in [6.45, 7) is 3.97. The normalized spacial score (nSPS) is 16.6. The van der Waals surface area contributed by atoms with E-state index in [2.05, 4.69) is 5.10 Å². The number of carbonyl (C=O) groups is 1. The third kappa shape index (κ3) is 2.88. The van der Waals surface area contributed by atoms with Crippen LogP contribution in [0.5, 0.6) is 0 Å². The number of nitrogens with zero attached hydrogens (tertiary/aromatic N) is 2. The summed E-state index contributed by atoms with van der Waals surface area (Å²) in [6, 6.07) is 0.137. The number of hydrogen-bond acceptors (Lipinski definition) is 4. The monoisotopic (exact) mass is 284 g/mol. The number of rotatable bonds is 6. The van der Waals surface area contributed by atoms with E-state index in [-0.39, 0.29) is 22.4 Å². The second-order valence-corrected chi connectivity index (χ2v) is 7.58. The van der Waals surface area contributed by atoms with E-state index in [4.69, 9.17) is 0 Å². The molecule has 0 spiro atoms. The molecule has 0 aliphatic heterocycles. The fraction of sp³-hybridized carbons (Fsp3) is 0.692. The Kier molecular flexibility index (Phi) is 4.08. The van der Waals surface area contributed by atoms with Crippen molar-refractivity contribution in [2.45, 2.75) is 50.6 Å². The Bertz CT molecular complexity index is 556.